The number of amides is 1. The number of hydrogen-bond acceptors (Lipinski definition) is 3. The lowest BCUT2D eigenvalue weighted by atomic mass is 10.00. The van der Waals surface area contributed by atoms with Gasteiger partial charge in [0.1, 0.15) is 11.9 Å². The molecule has 1 aliphatic heterocycles. The zero-order valence-electron chi connectivity index (χ0n) is 11.9. The van der Waals surface area contributed by atoms with Crippen LogP contribution in [-0.4, -0.2) is 42.6 Å². The number of nitrogens with two attached hydrogens (primary N) is 1. The summed E-state index contributed by atoms with van der Waals surface area (Å²) in [5, 5.41) is 0. The lowest BCUT2D eigenvalue weighted by molar-refractivity contribution is -0.142. The second-order valence-electron chi connectivity index (χ2n) is 5.51. The minimum Gasteiger partial charge on any atom is -0.367 e. The van der Waals surface area contributed by atoms with E-state index in [1.54, 1.807) is 12.1 Å². The molecule has 0 aromatic heterocycles. The number of benzene rings is 1. The van der Waals surface area contributed by atoms with Crippen molar-refractivity contribution in [1.29, 1.82) is 0 Å². The van der Waals surface area contributed by atoms with E-state index >= 15 is 0 Å². The fraction of sp³-hybridized carbons (Fsp3) is 0.533. The lowest BCUT2D eigenvalue weighted by Crippen LogP contribution is -2.52. The molecule has 1 aromatic rings. The fourth-order valence-electron chi connectivity index (χ4n) is 2.63. The van der Waals surface area contributed by atoms with Gasteiger partial charge in [0, 0.05) is 19.6 Å². The number of ether oxygens (including phenoxy) is 1. The van der Waals surface area contributed by atoms with Crippen molar-refractivity contribution < 1.29 is 13.9 Å². The molecule has 3 atom stereocenters. The molecule has 0 spiro atoms. The van der Waals surface area contributed by atoms with E-state index in [1.807, 2.05) is 6.92 Å². The van der Waals surface area contributed by atoms with Crippen molar-refractivity contribution >= 4 is 5.91 Å². The first-order chi connectivity index (χ1) is 9.45. The predicted octanol–water partition coefficient (Wildman–Crippen LogP) is 1.50. The molecule has 1 heterocycles. The quantitative estimate of drug-likeness (QED) is 0.909. The standard InChI is InChI=1S/C15H21FN2O2/c1-10(12-3-5-13(16)6-4-12)7-18-8-11(2)20-14(9-18)15(17)19/h3-6,10-11,14H,7-9H2,1-2H3,(H2,17,19)/t10-,11+,14+/m0/s1. The molecule has 0 radical (unpaired) electrons. The molecule has 1 saturated heterocycles. The van der Waals surface area contributed by atoms with E-state index in [-0.39, 0.29) is 17.8 Å². The molecule has 20 heavy (non-hydrogen) atoms. The van der Waals surface area contributed by atoms with Gasteiger partial charge in [-0.1, -0.05) is 19.1 Å². The predicted molar refractivity (Wildman–Crippen MR) is 74.8 cm³/mol. The number of nitrogens with zero attached hydrogens (tertiary/aromatic N) is 1. The largest absolute Gasteiger partial charge is 0.367 e. The summed E-state index contributed by atoms with van der Waals surface area (Å²) in [4.78, 5) is 13.4. The van der Waals surface area contributed by atoms with Crippen LogP contribution in [0, 0.1) is 5.82 Å². The van der Waals surface area contributed by atoms with Gasteiger partial charge in [0.05, 0.1) is 6.10 Å². The average molecular weight is 280 g/mol. The average Bonchev–Trinajstić information content (AvgIpc) is 2.38. The zero-order valence-corrected chi connectivity index (χ0v) is 11.9. The molecular formula is C15H21FN2O2. The number of carbonyl (C=O) groups is 1. The summed E-state index contributed by atoms with van der Waals surface area (Å²) in [6.45, 7) is 6.11. The van der Waals surface area contributed by atoms with Crippen LogP contribution in [0.25, 0.3) is 0 Å². The van der Waals surface area contributed by atoms with Gasteiger partial charge >= 0.3 is 0 Å². The highest BCUT2D eigenvalue weighted by Crippen LogP contribution is 2.20. The maximum atomic E-state index is 12.9. The molecular weight excluding hydrogens is 259 g/mol. The summed E-state index contributed by atoms with van der Waals surface area (Å²) in [5.74, 6) is -0.389. The van der Waals surface area contributed by atoms with Crippen LogP contribution in [0.15, 0.2) is 24.3 Å². The highest BCUT2D eigenvalue weighted by atomic mass is 19.1. The summed E-state index contributed by atoms with van der Waals surface area (Å²) >= 11 is 0. The molecule has 110 valence electrons. The van der Waals surface area contributed by atoms with E-state index in [0.717, 1.165) is 18.7 Å². The molecule has 1 amide bonds. The third-order valence-corrected chi connectivity index (χ3v) is 3.62. The number of morpholine rings is 1. The molecule has 1 fully saturated rings. The van der Waals surface area contributed by atoms with Gasteiger partial charge in [-0.3, -0.25) is 9.69 Å². The minimum absolute atomic E-state index is 0.0123. The third-order valence-electron chi connectivity index (χ3n) is 3.62. The van der Waals surface area contributed by atoms with Gasteiger partial charge in [-0.15, -0.1) is 0 Å². The van der Waals surface area contributed by atoms with E-state index in [1.165, 1.54) is 12.1 Å². The van der Waals surface area contributed by atoms with Crippen LogP contribution in [0.3, 0.4) is 0 Å². The highest BCUT2D eigenvalue weighted by Gasteiger charge is 2.29. The molecule has 1 aromatic carbocycles. The summed E-state index contributed by atoms with van der Waals surface area (Å²) < 4.78 is 18.4. The maximum Gasteiger partial charge on any atom is 0.247 e. The number of primary amides is 1. The van der Waals surface area contributed by atoms with Crippen LogP contribution in [0.1, 0.15) is 25.3 Å². The first-order valence-electron chi connectivity index (χ1n) is 6.88. The summed E-state index contributed by atoms with van der Waals surface area (Å²) in [6, 6.07) is 6.55. The van der Waals surface area contributed by atoms with Gasteiger partial charge in [0.25, 0.3) is 0 Å². The van der Waals surface area contributed by atoms with E-state index in [9.17, 15) is 9.18 Å². The van der Waals surface area contributed by atoms with E-state index in [2.05, 4.69) is 11.8 Å². The highest BCUT2D eigenvalue weighted by molar-refractivity contribution is 5.79. The number of hydrogen-bond donors (Lipinski definition) is 1. The monoisotopic (exact) mass is 280 g/mol. The summed E-state index contributed by atoms with van der Waals surface area (Å²) in [5.41, 5.74) is 6.40. The maximum absolute atomic E-state index is 12.9. The van der Waals surface area contributed by atoms with Gasteiger partial charge in [-0.05, 0) is 30.5 Å². The Labute approximate surface area is 118 Å². The van der Waals surface area contributed by atoms with Crippen LogP contribution in [-0.2, 0) is 9.53 Å². The summed E-state index contributed by atoms with van der Waals surface area (Å²) in [7, 11) is 0. The molecule has 0 unspecified atom stereocenters. The van der Waals surface area contributed by atoms with Crippen molar-refractivity contribution in [2.45, 2.75) is 32.0 Å². The van der Waals surface area contributed by atoms with Crippen molar-refractivity contribution in [2.75, 3.05) is 19.6 Å². The molecule has 0 saturated carbocycles. The Morgan fingerprint density at radius 2 is 2.10 bits per heavy atom. The first kappa shape index (κ1) is 14.9. The SMILES string of the molecule is C[C@@H]1CN(C[C@H](C)c2ccc(F)cc2)C[C@H](C(N)=O)O1. The van der Waals surface area contributed by atoms with Crippen molar-refractivity contribution in [3.8, 4) is 0 Å². The molecule has 0 aliphatic carbocycles. The lowest BCUT2D eigenvalue weighted by Gasteiger charge is -2.36. The van der Waals surface area contributed by atoms with Crippen molar-refractivity contribution in [3.05, 3.63) is 35.6 Å². The topological polar surface area (TPSA) is 55.6 Å². The van der Waals surface area contributed by atoms with Crippen LogP contribution < -0.4 is 5.73 Å². The fourth-order valence-corrected chi connectivity index (χ4v) is 2.63. The van der Waals surface area contributed by atoms with Gasteiger partial charge in [0.15, 0.2) is 0 Å². The number of halogens is 1. The van der Waals surface area contributed by atoms with Gasteiger partial charge in [-0.25, -0.2) is 4.39 Å². The summed E-state index contributed by atoms with van der Waals surface area (Å²) in [6.07, 6.45) is -0.555. The molecule has 1 aliphatic rings. The van der Waals surface area contributed by atoms with Crippen molar-refractivity contribution in [3.63, 3.8) is 0 Å². The van der Waals surface area contributed by atoms with Crippen LogP contribution >= 0.6 is 0 Å². The van der Waals surface area contributed by atoms with E-state index in [4.69, 9.17) is 10.5 Å². The van der Waals surface area contributed by atoms with E-state index in [0.29, 0.717) is 6.54 Å². The Kier molecular flexibility index (Phi) is 4.73. The van der Waals surface area contributed by atoms with Crippen molar-refractivity contribution in [1.82, 2.24) is 4.90 Å². The van der Waals surface area contributed by atoms with Crippen molar-refractivity contribution in [2.24, 2.45) is 5.73 Å². The van der Waals surface area contributed by atoms with Crippen LogP contribution in [0.2, 0.25) is 0 Å². The Bertz CT molecular complexity index is 463. The van der Waals surface area contributed by atoms with Gasteiger partial charge in [0.2, 0.25) is 5.91 Å². The van der Waals surface area contributed by atoms with Crippen LogP contribution in [0.5, 0.6) is 0 Å². The second kappa shape index (κ2) is 6.33. The Balaban J connectivity index is 1.97. The second-order valence-corrected chi connectivity index (χ2v) is 5.51. The van der Waals surface area contributed by atoms with E-state index < -0.39 is 12.0 Å². The zero-order chi connectivity index (χ0) is 14.7. The molecule has 2 N–H and O–H groups in total. The Morgan fingerprint density at radius 3 is 2.70 bits per heavy atom. The normalized spacial score (nSPS) is 25.4. The third kappa shape index (κ3) is 3.77. The molecule has 4 nitrogen and oxygen atoms in total. The Morgan fingerprint density at radius 1 is 1.45 bits per heavy atom. The van der Waals surface area contributed by atoms with Gasteiger partial charge < -0.3 is 10.5 Å². The molecule has 2 rings (SSSR count). The van der Waals surface area contributed by atoms with Gasteiger partial charge in [-0.2, -0.15) is 0 Å². The number of carbonyl (C=O) groups excluding carboxylic acids is 1. The van der Waals surface area contributed by atoms with Crippen LogP contribution in [0.4, 0.5) is 4.39 Å². The Hall–Kier alpha value is -1.46. The minimum atomic E-state index is -0.542. The molecule has 0 bridgehead atoms. The number of rotatable bonds is 4. The first-order valence-corrected chi connectivity index (χ1v) is 6.88. The molecule has 5 heteroatoms. The smallest absolute Gasteiger partial charge is 0.247 e.